The lowest BCUT2D eigenvalue weighted by molar-refractivity contribution is 0.0618. The van der Waals surface area contributed by atoms with Gasteiger partial charge in [-0.1, -0.05) is 6.08 Å². The number of hydrogen-bond acceptors (Lipinski definition) is 3. The van der Waals surface area contributed by atoms with E-state index in [9.17, 15) is 0 Å². The van der Waals surface area contributed by atoms with E-state index in [2.05, 4.69) is 6.58 Å². The Morgan fingerprint density at radius 2 is 2.40 bits per heavy atom. The van der Waals surface area contributed by atoms with Gasteiger partial charge in [-0.25, -0.2) is 0 Å². The molecule has 2 atom stereocenters. The Morgan fingerprint density at radius 1 is 1.80 bits per heavy atom. The third-order valence-corrected chi connectivity index (χ3v) is 1.39. The molecule has 0 aliphatic carbocycles. The van der Waals surface area contributed by atoms with Crippen LogP contribution in [0.1, 0.15) is 6.42 Å². The summed E-state index contributed by atoms with van der Waals surface area (Å²) in [5, 5.41) is 8.62. The van der Waals surface area contributed by atoms with E-state index in [0.29, 0.717) is 6.42 Å². The van der Waals surface area contributed by atoms with Crippen LogP contribution in [0.4, 0.5) is 0 Å². The molecule has 0 spiro atoms. The fourth-order valence-electron chi connectivity index (χ4n) is 0.728. The number of rotatable bonds is 5. The second-order valence-corrected chi connectivity index (χ2v) is 2.14. The van der Waals surface area contributed by atoms with Gasteiger partial charge in [-0.05, 0) is 6.42 Å². The highest BCUT2D eigenvalue weighted by molar-refractivity contribution is 4.80. The van der Waals surface area contributed by atoms with Crippen molar-refractivity contribution in [1.82, 2.24) is 0 Å². The van der Waals surface area contributed by atoms with Crippen molar-refractivity contribution in [3.05, 3.63) is 12.7 Å². The van der Waals surface area contributed by atoms with Crippen LogP contribution >= 0.6 is 0 Å². The van der Waals surface area contributed by atoms with Crippen molar-refractivity contribution in [3.8, 4) is 0 Å². The van der Waals surface area contributed by atoms with Crippen LogP contribution in [0.3, 0.4) is 0 Å². The Morgan fingerprint density at radius 3 is 2.70 bits per heavy atom. The molecule has 0 amide bonds. The lowest BCUT2D eigenvalue weighted by atomic mass is 10.1. The monoisotopic (exact) mass is 145 g/mol. The Bertz CT molecular complexity index is 95.6. The molecule has 10 heavy (non-hydrogen) atoms. The summed E-state index contributed by atoms with van der Waals surface area (Å²) in [6, 6.07) is -0.303. The van der Waals surface area contributed by atoms with E-state index in [0.717, 1.165) is 0 Å². The Hall–Kier alpha value is -0.380. The molecule has 0 aromatic heterocycles. The first kappa shape index (κ1) is 9.62. The maximum absolute atomic E-state index is 8.62. The Labute approximate surface area is 61.5 Å². The third-order valence-electron chi connectivity index (χ3n) is 1.39. The lowest BCUT2D eigenvalue weighted by Crippen LogP contribution is -2.38. The number of ether oxygens (including phenoxy) is 1. The Balaban J connectivity index is 3.67. The molecule has 0 radical (unpaired) electrons. The molecule has 0 aromatic rings. The fraction of sp³-hybridized carbons (Fsp3) is 0.714. The van der Waals surface area contributed by atoms with Gasteiger partial charge >= 0.3 is 0 Å². The average Bonchev–Trinajstić information content (AvgIpc) is 1.99. The minimum atomic E-state index is -0.303. The molecule has 0 fully saturated rings. The van der Waals surface area contributed by atoms with Crippen LogP contribution < -0.4 is 5.73 Å². The average molecular weight is 145 g/mol. The Kier molecular flexibility index (Phi) is 5.20. The van der Waals surface area contributed by atoms with Crippen LogP contribution in [-0.4, -0.2) is 31.0 Å². The molecular formula is C7H15NO2. The van der Waals surface area contributed by atoms with Gasteiger partial charge in [-0.2, -0.15) is 0 Å². The van der Waals surface area contributed by atoms with Crippen LogP contribution in [0.5, 0.6) is 0 Å². The van der Waals surface area contributed by atoms with E-state index in [1.54, 1.807) is 13.2 Å². The SMILES string of the molecule is C=CC[C@H](OC)C(N)CO. The summed E-state index contributed by atoms with van der Waals surface area (Å²) >= 11 is 0. The van der Waals surface area contributed by atoms with Gasteiger partial charge in [0.15, 0.2) is 0 Å². The van der Waals surface area contributed by atoms with Gasteiger partial charge in [0.25, 0.3) is 0 Å². The zero-order valence-electron chi connectivity index (χ0n) is 6.29. The quantitative estimate of drug-likeness (QED) is 0.531. The predicted molar refractivity (Wildman–Crippen MR) is 40.7 cm³/mol. The standard InChI is InChI=1S/C7H15NO2/c1-3-4-7(10-2)6(8)5-9/h3,6-7,9H,1,4-5,8H2,2H3/t6?,7-/m0/s1. The van der Waals surface area contributed by atoms with Gasteiger partial charge in [-0.15, -0.1) is 6.58 Å². The molecule has 0 saturated carbocycles. The molecule has 0 rings (SSSR count). The molecule has 0 saturated heterocycles. The zero-order valence-corrected chi connectivity index (χ0v) is 6.29. The number of aliphatic hydroxyl groups excluding tert-OH is 1. The third kappa shape index (κ3) is 2.96. The molecule has 3 heteroatoms. The van der Waals surface area contributed by atoms with Gasteiger partial charge in [0.1, 0.15) is 0 Å². The first-order valence-corrected chi connectivity index (χ1v) is 3.26. The first-order chi connectivity index (χ1) is 4.76. The minimum absolute atomic E-state index is 0.0493. The van der Waals surface area contributed by atoms with Gasteiger partial charge in [0, 0.05) is 7.11 Å². The van der Waals surface area contributed by atoms with Crippen molar-refractivity contribution in [2.75, 3.05) is 13.7 Å². The second kappa shape index (κ2) is 5.41. The zero-order chi connectivity index (χ0) is 7.98. The minimum Gasteiger partial charge on any atom is -0.395 e. The highest BCUT2D eigenvalue weighted by Crippen LogP contribution is 2.00. The van der Waals surface area contributed by atoms with E-state index < -0.39 is 0 Å². The number of aliphatic hydroxyl groups is 1. The maximum Gasteiger partial charge on any atom is 0.0778 e. The summed E-state index contributed by atoms with van der Waals surface area (Å²) < 4.78 is 4.99. The molecule has 0 aromatic carbocycles. The number of methoxy groups -OCH3 is 1. The van der Waals surface area contributed by atoms with Crippen molar-refractivity contribution >= 4 is 0 Å². The lowest BCUT2D eigenvalue weighted by Gasteiger charge is -2.18. The van der Waals surface area contributed by atoms with Crippen molar-refractivity contribution in [2.24, 2.45) is 5.73 Å². The molecule has 3 nitrogen and oxygen atoms in total. The van der Waals surface area contributed by atoms with Gasteiger partial charge in [0.05, 0.1) is 18.8 Å². The van der Waals surface area contributed by atoms with Crippen molar-refractivity contribution < 1.29 is 9.84 Å². The summed E-state index contributed by atoms with van der Waals surface area (Å²) in [5.74, 6) is 0. The van der Waals surface area contributed by atoms with Crippen LogP contribution in [0.25, 0.3) is 0 Å². The topological polar surface area (TPSA) is 55.5 Å². The van der Waals surface area contributed by atoms with Gasteiger partial charge < -0.3 is 15.6 Å². The molecule has 0 heterocycles. The van der Waals surface area contributed by atoms with Gasteiger partial charge in [-0.3, -0.25) is 0 Å². The summed E-state index contributed by atoms with van der Waals surface area (Å²) in [7, 11) is 1.57. The fourth-order valence-corrected chi connectivity index (χ4v) is 0.728. The smallest absolute Gasteiger partial charge is 0.0778 e. The van der Waals surface area contributed by atoms with E-state index in [4.69, 9.17) is 15.6 Å². The summed E-state index contributed by atoms with van der Waals surface area (Å²) in [5.41, 5.74) is 5.49. The van der Waals surface area contributed by atoms with E-state index >= 15 is 0 Å². The van der Waals surface area contributed by atoms with Crippen LogP contribution in [0, 0.1) is 0 Å². The molecular weight excluding hydrogens is 130 g/mol. The summed E-state index contributed by atoms with van der Waals surface area (Å²) in [6.07, 6.45) is 2.30. The number of hydrogen-bond donors (Lipinski definition) is 2. The normalized spacial score (nSPS) is 16.3. The van der Waals surface area contributed by atoms with Crippen LogP contribution in [0.15, 0.2) is 12.7 Å². The van der Waals surface area contributed by atoms with Crippen molar-refractivity contribution in [2.45, 2.75) is 18.6 Å². The summed E-state index contributed by atoms with van der Waals surface area (Å²) in [6.45, 7) is 3.50. The number of nitrogens with two attached hydrogens (primary N) is 1. The van der Waals surface area contributed by atoms with Gasteiger partial charge in [0.2, 0.25) is 0 Å². The summed E-state index contributed by atoms with van der Waals surface area (Å²) in [4.78, 5) is 0. The van der Waals surface area contributed by atoms with Crippen LogP contribution in [-0.2, 0) is 4.74 Å². The van der Waals surface area contributed by atoms with E-state index in [1.165, 1.54) is 0 Å². The molecule has 0 aliphatic rings. The maximum atomic E-state index is 8.62. The second-order valence-electron chi connectivity index (χ2n) is 2.14. The van der Waals surface area contributed by atoms with Crippen molar-refractivity contribution in [3.63, 3.8) is 0 Å². The largest absolute Gasteiger partial charge is 0.395 e. The van der Waals surface area contributed by atoms with Crippen molar-refractivity contribution in [1.29, 1.82) is 0 Å². The van der Waals surface area contributed by atoms with Crippen LogP contribution in [0.2, 0.25) is 0 Å². The van der Waals surface area contributed by atoms with E-state index in [-0.39, 0.29) is 18.8 Å². The highest BCUT2D eigenvalue weighted by atomic mass is 16.5. The van der Waals surface area contributed by atoms with E-state index in [1.807, 2.05) is 0 Å². The molecule has 0 aliphatic heterocycles. The molecule has 1 unspecified atom stereocenters. The molecule has 3 N–H and O–H groups in total. The first-order valence-electron chi connectivity index (χ1n) is 3.26. The molecule has 0 bridgehead atoms. The highest BCUT2D eigenvalue weighted by Gasteiger charge is 2.13. The molecule has 60 valence electrons. The predicted octanol–water partition coefficient (Wildman–Crippen LogP) is -0.103.